The van der Waals surface area contributed by atoms with Gasteiger partial charge < -0.3 is 14.2 Å². The van der Waals surface area contributed by atoms with E-state index in [0.717, 1.165) is 16.2 Å². The third-order valence-corrected chi connectivity index (χ3v) is 3.34. The summed E-state index contributed by atoms with van der Waals surface area (Å²) in [6.07, 6.45) is 0. The number of amides is 3. The number of ether oxygens (including phenoxy) is 1. The molecule has 8 heteroatoms. The number of carbonyl (C=O) groups excluding carboxylic acids is 2. The van der Waals surface area contributed by atoms with E-state index in [9.17, 15) is 9.59 Å². The molecule has 8 nitrogen and oxygen atoms in total. The van der Waals surface area contributed by atoms with Crippen molar-refractivity contribution >= 4 is 11.9 Å². The van der Waals surface area contributed by atoms with Crippen LogP contribution >= 0.6 is 0 Å². The topological polar surface area (TPSA) is 88.8 Å². The Labute approximate surface area is 126 Å². The van der Waals surface area contributed by atoms with Gasteiger partial charge in [-0.1, -0.05) is 5.16 Å². The SMILES string of the molecule is COc1ccc(-c2noc(CN3C(=O)CN(C)C3=O)n2)cc1. The van der Waals surface area contributed by atoms with Crippen molar-refractivity contribution in [1.29, 1.82) is 0 Å². The lowest BCUT2D eigenvalue weighted by Gasteiger charge is -2.10. The fourth-order valence-corrected chi connectivity index (χ4v) is 2.14. The number of nitrogens with zero attached hydrogens (tertiary/aromatic N) is 4. The molecule has 1 aromatic carbocycles. The van der Waals surface area contributed by atoms with Gasteiger partial charge in [0.25, 0.3) is 5.91 Å². The Kier molecular flexibility index (Phi) is 3.50. The van der Waals surface area contributed by atoms with Gasteiger partial charge in [0.2, 0.25) is 11.7 Å². The van der Waals surface area contributed by atoms with E-state index >= 15 is 0 Å². The van der Waals surface area contributed by atoms with Crippen LogP contribution in [0.1, 0.15) is 5.89 Å². The van der Waals surface area contributed by atoms with Crippen molar-refractivity contribution in [2.75, 3.05) is 20.7 Å². The lowest BCUT2D eigenvalue weighted by Crippen LogP contribution is -2.31. The monoisotopic (exact) mass is 302 g/mol. The average molecular weight is 302 g/mol. The second-order valence-electron chi connectivity index (χ2n) is 4.86. The number of rotatable bonds is 4. The van der Waals surface area contributed by atoms with Crippen LogP contribution in [0.3, 0.4) is 0 Å². The number of aromatic nitrogens is 2. The summed E-state index contributed by atoms with van der Waals surface area (Å²) in [5.41, 5.74) is 0.756. The molecular formula is C14H14N4O4. The molecule has 1 fully saturated rings. The molecule has 2 aromatic rings. The third-order valence-electron chi connectivity index (χ3n) is 3.34. The van der Waals surface area contributed by atoms with Crippen molar-refractivity contribution in [1.82, 2.24) is 19.9 Å². The summed E-state index contributed by atoms with van der Waals surface area (Å²) in [5, 5.41) is 3.86. The number of carbonyl (C=O) groups is 2. The molecule has 0 aliphatic carbocycles. The molecule has 22 heavy (non-hydrogen) atoms. The predicted octanol–water partition coefficient (Wildman–Crippen LogP) is 1.14. The molecule has 0 unspecified atom stereocenters. The van der Waals surface area contributed by atoms with Crippen LogP contribution in [-0.2, 0) is 11.3 Å². The molecule has 114 valence electrons. The smallest absolute Gasteiger partial charge is 0.327 e. The first kappa shape index (κ1) is 14.1. The van der Waals surface area contributed by atoms with E-state index < -0.39 is 0 Å². The van der Waals surface area contributed by atoms with Gasteiger partial charge in [-0.2, -0.15) is 4.98 Å². The maximum absolute atomic E-state index is 11.8. The van der Waals surface area contributed by atoms with Crippen molar-refractivity contribution in [3.63, 3.8) is 0 Å². The number of hydrogen-bond donors (Lipinski definition) is 0. The summed E-state index contributed by atoms with van der Waals surface area (Å²) < 4.78 is 10.2. The van der Waals surface area contributed by atoms with E-state index in [4.69, 9.17) is 9.26 Å². The van der Waals surface area contributed by atoms with Gasteiger partial charge in [-0.25, -0.2) is 4.79 Å². The highest BCUT2D eigenvalue weighted by molar-refractivity contribution is 6.01. The number of hydrogen-bond acceptors (Lipinski definition) is 6. The van der Waals surface area contributed by atoms with E-state index in [0.29, 0.717) is 5.82 Å². The maximum Gasteiger partial charge on any atom is 0.327 e. The van der Waals surface area contributed by atoms with Gasteiger partial charge in [-0.05, 0) is 24.3 Å². The molecule has 0 radical (unpaired) electrons. The van der Waals surface area contributed by atoms with Crippen LogP contribution in [0.2, 0.25) is 0 Å². The lowest BCUT2D eigenvalue weighted by atomic mass is 10.2. The summed E-state index contributed by atoms with van der Waals surface area (Å²) >= 11 is 0. The van der Waals surface area contributed by atoms with Crippen LogP contribution in [0.4, 0.5) is 4.79 Å². The fraction of sp³-hybridized carbons (Fsp3) is 0.286. The summed E-state index contributed by atoms with van der Waals surface area (Å²) in [7, 11) is 3.15. The van der Waals surface area contributed by atoms with Gasteiger partial charge >= 0.3 is 6.03 Å². The van der Waals surface area contributed by atoms with Gasteiger partial charge in [0.1, 0.15) is 18.8 Å². The van der Waals surface area contributed by atoms with Gasteiger partial charge in [-0.15, -0.1) is 0 Å². The van der Waals surface area contributed by atoms with Crippen LogP contribution in [0.15, 0.2) is 28.8 Å². The molecule has 1 aliphatic heterocycles. The first-order valence-electron chi connectivity index (χ1n) is 6.61. The first-order valence-corrected chi connectivity index (χ1v) is 6.61. The van der Waals surface area contributed by atoms with Crippen LogP contribution in [0, 0.1) is 0 Å². The average Bonchev–Trinajstić information content (AvgIpc) is 3.08. The zero-order valence-electron chi connectivity index (χ0n) is 12.1. The lowest BCUT2D eigenvalue weighted by molar-refractivity contribution is -0.125. The summed E-state index contributed by atoms with van der Waals surface area (Å²) in [4.78, 5) is 30.1. The summed E-state index contributed by atoms with van der Waals surface area (Å²) in [6.45, 7) is 0.0451. The minimum absolute atomic E-state index is 0.0227. The van der Waals surface area contributed by atoms with Gasteiger partial charge in [0, 0.05) is 12.6 Å². The largest absolute Gasteiger partial charge is 0.497 e. The molecule has 0 N–H and O–H groups in total. The summed E-state index contributed by atoms with van der Waals surface area (Å²) in [6, 6.07) is 6.80. The van der Waals surface area contributed by atoms with Crippen molar-refractivity contribution in [2.24, 2.45) is 0 Å². The molecule has 1 aliphatic rings. The Morgan fingerprint density at radius 3 is 2.59 bits per heavy atom. The van der Waals surface area contributed by atoms with Crippen LogP contribution in [0.5, 0.6) is 5.75 Å². The maximum atomic E-state index is 11.8. The Bertz CT molecular complexity index is 710. The van der Waals surface area contributed by atoms with E-state index in [2.05, 4.69) is 10.1 Å². The normalized spacial score (nSPS) is 14.8. The third kappa shape index (κ3) is 2.50. The molecule has 1 saturated heterocycles. The second kappa shape index (κ2) is 5.47. The van der Waals surface area contributed by atoms with Crippen LogP contribution in [0.25, 0.3) is 11.4 Å². The molecular weight excluding hydrogens is 288 g/mol. The van der Waals surface area contributed by atoms with Gasteiger partial charge in [0.15, 0.2) is 0 Å². The molecule has 0 spiro atoms. The number of benzene rings is 1. The highest BCUT2D eigenvalue weighted by Gasteiger charge is 2.34. The number of methoxy groups -OCH3 is 1. The Morgan fingerprint density at radius 2 is 2.00 bits per heavy atom. The second-order valence-corrected chi connectivity index (χ2v) is 4.86. The van der Waals surface area contributed by atoms with E-state index in [1.807, 2.05) is 0 Å². The minimum Gasteiger partial charge on any atom is -0.497 e. The first-order chi connectivity index (χ1) is 10.6. The Balaban J connectivity index is 1.76. The number of urea groups is 1. The number of likely N-dealkylation sites (N-methyl/N-ethyl adjacent to an activating group) is 1. The van der Waals surface area contributed by atoms with E-state index in [1.165, 1.54) is 4.90 Å². The molecule has 3 rings (SSSR count). The minimum atomic E-state index is -0.366. The van der Waals surface area contributed by atoms with Crippen molar-refractivity contribution in [2.45, 2.75) is 6.54 Å². The standard InChI is InChI=1S/C14H14N4O4/c1-17-8-12(19)18(14(17)20)7-11-15-13(16-22-11)9-3-5-10(21-2)6-4-9/h3-6H,7-8H2,1-2H3. The summed E-state index contributed by atoms with van der Waals surface area (Å²) in [5.74, 6) is 1.05. The predicted molar refractivity (Wildman–Crippen MR) is 74.9 cm³/mol. The fourth-order valence-electron chi connectivity index (χ4n) is 2.14. The molecule has 2 heterocycles. The Hall–Kier alpha value is -2.90. The van der Waals surface area contributed by atoms with Gasteiger partial charge in [0.05, 0.1) is 7.11 Å². The van der Waals surface area contributed by atoms with Gasteiger partial charge in [-0.3, -0.25) is 9.69 Å². The number of imide groups is 1. The van der Waals surface area contributed by atoms with Crippen LogP contribution < -0.4 is 4.74 Å². The van der Waals surface area contributed by atoms with Crippen molar-refractivity contribution < 1.29 is 18.8 Å². The Morgan fingerprint density at radius 1 is 1.27 bits per heavy atom. The molecule has 3 amide bonds. The van der Waals surface area contributed by atoms with Crippen LogP contribution in [-0.4, -0.2) is 52.6 Å². The van der Waals surface area contributed by atoms with Crippen molar-refractivity contribution in [3.05, 3.63) is 30.2 Å². The van der Waals surface area contributed by atoms with E-state index in [1.54, 1.807) is 38.4 Å². The molecule has 0 atom stereocenters. The van der Waals surface area contributed by atoms with E-state index in [-0.39, 0.29) is 30.9 Å². The highest BCUT2D eigenvalue weighted by atomic mass is 16.5. The zero-order valence-corrected chi connectivity index (χ0v) is 12.1. The molecule has 0 bridgehead atoms. The highest BCUT2D eigenvalue weighted by Crippen LogP contribution is 2.20. The quantitative estimate of drug-likeness (QED) is 0.787. The van der Waals surface area contributed by atoms with Crippen molar-refractivity contribution in [3.8, 4) is 17.1 Å². The zero-order chi connectivity index (χ0) is 15.7. The molecule has 1 aromatic heterocycles. The molecule has 0 saturated carbocycles.